The minimum atomic E-state index is -1.18. The molecule has 0 aromatic rings. The molecule has 1 N–H and O–H groups in total. The molecule has 0 aliphatic carbocycles. The van der Waals surface area contributed by atoms with Crippen LogP contribution in [0, 0.1) is 0 Å². The van der Waals surface area contributed by atoms with Gasteiger partial charge in [-0.1, -0.05) is 0 Å². The maximum Gasteiger partial charge on any atom is 0.303 e. The lowest BCUT2D eigenvalue weighted by Crippen LogP contribution is -2.65. The lowest BCUT2D eigenvalue weighted by atomic mass is 9.97. The summed E-state index contributed by atoms with van der Waals surface area (Å²) >= 11 is 0. The summed E-state index contributed by atoms with van der Waals surface area (Å²) in [6.45, 7) is 2.98. The second-order valence-electron chi connectivity index (χ2n) is 5.20. The lowest BCUT2D eigenvalue weighted by molar-refractivity contribution is -0.323. The summed E-state index contributed by atoms with van der Waals surface area (Å²) in [4.78, 5) is 39.3. The van der Waals surface area contributed by atoms with Gasteiger partial charge in [0.15, 0.2) is 24.5 Å². The highest BCUT2D eigenvalue weighted by atomic mass is 16.7. The molecule has 1 heterocycles. The summed E-state index contributed by atoms with van der Waals surface area (Å²) in [5, 5.41) is 10.8. The molecule has 1 rings (SSSR count). The second-order valence-corrected chi connectivity index (χ2v) is 5.20. The number of likely N-dealkylation sites (N-methyl/N-ethyl adjacent to an activating group) is 1. The molecule has 1 aliphatic rings. The fourth-order valence-electron chi connectivity index (χ4n) is 2.42. The van der Waals surface area contributed by atoms with Crippen molar-refractivity contribution in [2.45, 2.75) is 51.4 Å². The average molecular weight is 349 g/mol. The van der Waals surface area contributed by atoms with E-state index in [-0.39, 0.29) is 0 Å². The number of hydrogen-bond donors (Lipinski definition) is 1. The Kier molecular flexibility index (Phi) is 7.55. The SMILES string of the molecule is CON(C)[C@@H]1O[C@H](CO)[C@@H](OC(C)=O)[C@H](OC(C)=O)[C@H]1OC(C)=O. The van der Waals surface area contributed by atoms with E-state index in [9.17, 15) is 19.5 Å². The van der Waals surface area contributed by atoms with Crippen molar-refractivity contribution < 1.29 is 43.3 Å². The van der Waals surface area contributed by atoms with Crippen LogP contribution in [0.4, 0.5) is 0 Å². The molecule has 0 saturated carbocycles. The van der Waals surface area contributed by atoms with E-state index in [1.165, 1.54) is 26.1 Å². The van der Waals surface area contributed by atoms with Crippen LogP contribution in [0.3, 0.4) is 0 Å². The van der Waals surface area contributed by atoms with Crippen LogP contribution in [0.1, 0.15) is 20.8 Å². The van der Waals surface area contributed by atoms with E-state index < -0.39 is 55.2 Å². The number of carbonyl (C=O) groups excluding carboxylic acids is 3. The first-order valence-corrected chi connectivity index (χ1v) is 7.26. The van der Waals surface area contributed by atoms with Crippen molar-refractivity contribution in [3.05, 3.63) is 0 Å². The number of rotatable bonds is 6. The van der Waals surface area contributed by atoms with E-state index in [0.29, 0.717) is 0 Å². The van der Waals surface area contributed by atoms with Crippen LogP contribution in [0.25, 0.3) is 0 Å². The highest BCUT2D eigenvalue weighted by Crippen LogP contribution is 2.30. The van der Waals surface area contributed by atoms with Crippen LogP contribution in [0.2, 0.25) is 0 Å². The van der Waals surface area contributed by atoms with Gasteiger partial charge in [-0.25, -0.2) is 0 Å². The summed E-state index contributed by atoms with van der Waals surface area (Å²) in [5.74, 6) is -2.00. The molecule has 24 heavy (non-hydrogen) atoms. The molecule has 0 bridgehead atoms. The molecule has 5 atom stereocenters. The van der Waals surface area contributed by atoms with E-state index in [1.54, 1.807) is 0 Å². The zero-order chi connectivity index (χ0) is 18.4. The number of hydrogen-bond acceptors (Lipinski definition) is 10. The number of ether oxygens (including phenoxy) is 4. The van der Waals surface area contributed by atoms with E-state index in [0.717, 1.165) is 13.8 Å². The predicted molar refractivity (Wildman–Crippen MR) is 77.2 cm³/mol. The Morgan fingerprint density at radius 2 is 1.42 bits per heavy atom. The summed E-state index contributed by atoms with van der Waals surface area (Å²) in [6.07, 6.45) is -5.46. The van der Waals surface area contributed by atoms with Gasteiger partial charge in [-0.3, -0.25) is 19.2 Å². The van der Waals surface area contributed by atoms with E-state index >= 15 is 0 Å². The fourth-order valence-corrected chi connectivity index (χ4v) is 2.42. The molecule has 10 heteroatoms. The first kappa shape index (κ1) is 20.3. The highest BCUT2D eigenvalue weighted by Gasteiger charge is 2.53. The minimum absolute atomic E-state index is 0.517. The lowest BCUT2D eigenvalue weighted by Gasteiger charge is -2.45. The number of aliphatic hydroxyl groups excluding tert-OH is 1. The van der Waals surface area contributed by atoms with Crippen molar-refractivity contribution in [2.75, 3.05) is 20.8 Å². The molecular formula is C14H23NO9. The van der Waals surface area contributed by atoms with Gasteiger partial charge in [0, 0.05) is 27.8 Å². The van der Waals surface area contributed by atoms with Gasteiger partial charge < -0.3 is 24.1 Å². The van der Waals surface area contributed by atoms with Gasteiger partial charge in [-0.2, -0.15) is 5.06 Å². The van der Waals surface area contributed by atoms with Crippen molar-refractivity contribution >= 4 is 17.9 Å². The molecule has 0 aromatic heterocycles. The molecule has 10 nitrogen and oxygen atoms in total. The highest BCUT2D eigenvalue weighted by molar-refractivity contribution is 5.68. The quantitative estimate of drug-likeness (QED) is 0.363. The Hall–Kier alpha value is -1.75. The van der Waals surface area contributed by atoms with Crippen molar-refractivity contribution in [1.82, 2.24) is 5.06 Å². The maximum atomic E-state index is 11.5. The third-order valence-electron chi connectivity index (χ3n) is 3.34. The molecule has 1 aliphatic heterocycles. The van der Waals surface area contributed by atoms with Gasteiger partial charge in [0.1, 0.15) is 6.10 Å². The summed E-state index contributed by atoms with van der Waals surface area (Å²) in [7, 11) is 2.87. The van der Waals surface area contributed by atoms with Gasteiger partial charge in [-0.15, -0.1) is 0 Å². The van der Waals surface area contributed by atoms with Crippen LogP contribution in [0.15, 0.2) is 0 Å². The molecule has 0 unspecified atom stereocenters. The molecule has 1 fully saturated rings. The first-order valence-electron chi connectivity index (χ1n) is 7.26. The third-order valence-corrected chi connectivity index (χ3v) is 3.34. The zero-order valence-corrected chi connectivity index (χ0v) is 14.3. The Morgan fingerprint density at radius 3 is 1.83 bits per heavy atom. The van der Waals surface area contributed by atoms with E-state index in [2.05, 4.69) is 0 Å². The first-order chi connectivity index (χ1) is 11.2. The minimum Gasteiger partial charge on any atom is -0.456 e. The van der Waals surface area contributed by atoms with Crippen LogP contribution in [-0.2, 0) is 38.2 Å². The molecule has 1 saturated heterocycles. The summed E-state index contributed by atoms with van der Waals surface area (Å²) in [5.41, 5.74) is 0. The average Bonchev–Trinajstić information content (AvgIpc) is 2.48. The Bertz CT molecular complexity index is 469. The second kappa shape index (κ2) is 8.92. The number of nitrogens with zero attached hydrogens (tertiary/aromatic N) is 1. The van der Waals surface area contributed by atoms with Gasteiger partial charge in [0.2, 0.25) is 0 Å². The summed E-state index contributed by atoms with van der Waals surface area (Å²) in [6, 6.07) is 0. The smallest absolute Gasteiger partial charge is 0.303 e. The van der Waals surface area contributed by atoms with Crippen LogP contribution < -0.4 is 0 Å². The van der Waals surface area contributed by atoms with Gasteiger partial charge >= 0.3 is 17.9 Å². The topological polar surface area (TPSA) is 121 Å². The molecule has 0 spiro atoms. The van der Waals surface area contributed by atoms with Crippen LogP contribution in [-0.4, -0.2) is 79.5 Å². The largest absolute Gasteiger partial charge is 0.456 e. The molecule has 0 amide bonds. The molecular weight excluding hydrogens is 326 g/mol. The Balaban J connectivity index is 3.25. The van der Waals surface area contributed by atoms with Crippen molar-refractivity contribution in [3.8, 4) is 0 Å². The zero-order valence-electron chi connectivity index (χ0n) is 14.3. The molecule has 138 valence electrons. The summed E-state index contributed by atoms with van der Waals surface area (Å²) < 4.78 is 21.2. The monoisotopic (exact) mass is 349 g/mol. The van der Waals surface area contributed by atoms with E-state index in [1.807, 2.05) is 0 Å². The van der Waals surface area contributed by atoms with Gasteiger partial charge in [0.25, 0.3) is 0 Å². The normalized spacial score (nSPS) is 29.9. The maximum absolute atomic E-state index is 11.5. The predicted octanol–water partition coefficient (Wildman–Crippen LogP) is -1.01. The molecule has 0 aromatic carbocycles. The third kappa shape index (κ3) is 5.13. The number of aliphatic hydroxyl groups is 1. The Labute approximate surface area is 139 Å². The van der Waals surface area contributed by atoms with Crippen molar-refractivity contribution in [1.29, 1.82) is 0 Å². The van der Waals surface area contributed by atoms with Crippen molar-refractivity contribution in [3.63, 3.8) is 0 Å². The Morgan fingerprint density at radius 1 is 0.958 bits per heavy atom. The van der Waals surface area contributed by atoms with Crippen LogP contribution in [0.5, 0.6) is 0 Å². The van der Waals surface area contributed by atoms with Crippen LogP contribution >= 0.6 is 0 Å². The molecule has 0 radical (unpaired) electrons. The van der Waals surface area contributed by atoms with Gasteiger partial charge in [0.05, 0.1) is 13.7 Å². The number of carbonyl (C=O) groups is 3. The fraction of sp³-hybridized carbons (Fsp3) is 0.786. The van der Waals surface area contributed by atoms with Gasteiger partial charge in [-0.05, 0) is 0 Å². The van der Waals surface area contributed by atoms with Crippen molar-refractivity contribution in [2.24, 2.45) is 0 Å². The number of esters is 3. The standard InChI is InChI=1S/C14H23NO9/c1-7(17)21-11-10(6-16)24-14(15(4)20-5)13(23-9(3)19)12(11)22-8(2)18/h10-14,16H,6H2,1-5H3/t10-,11-,12+,13-,14-/m1/s1. The van der Waals surface area contributed by atoms with E-state index in [4.69, 9.17) is 23.8 Å². The number of hydroxylamine groups is 2.